The van der Waals surface area contributed by atoms with Gasteiger partial charge in [0.2, 0.25) is 0 Å². The Balaban J connectivity index is 1.56. The van der Waals surface area contributed by atoms with Crippen molar-refractivity contribution in [3.63, 3.8) is 0 Å². The number of hydrogen-bond acceptors (Lipinski definition) is 7. The first-order valence-electron chi connectivity index (χ1n) is 13.3. The summed E-state index contributed by atoms with van der Waals surface area (Å²) in [7, 11) is 1.54. The van der Waals surface area contributed by atoms with Crippen LogP contribution >= 0.6 is 11.6 Å². The fourth-order valence-electron chi connectivity index (χ4n) is 4.87. The van der Waals surface area contributed by atoms with E-state index in [0.29, 0.717) is 57.7 Å². The summed E-state index contributed by atoms with van der Waals surface area (Å²) in [6.07, 6.45) is 3.68. The third-order valence-corrected chi connectivity index (χ3v) is 7.20. The Kier molecular flexibility index (Phi) is 8.58. The molecule has 1 atom stereocenters. The van der Waals surface area contributed by atoms with E-state index in [2.05, 4.69) is 15.4 Å². The number of methoxy groups -OCH3 is 1. The van der Waals surface area contributed by atoms with Gasteiger partial charge in [-0.05, 0) is 61.2 Å². The summed E-state index contributed by atoms with van der Waals surface area (Å²) in [6, 6.07) is 12.5. The molecule has 0 spiro atoms. The number of rotatable bonds is 11. The highest BCUT2D eigenvalue weighted by atomic mass is 35.5. The fraction of sp³-hybridized carbons (Fsp3) is 0.267. The predicted octanol–water partition coefficient (Wildman–Crippen LogP) is 5.36. The topological polar surface area (TPSA) is 119 Å². The molecule has 4 aromatic rings. The molecular formula is C30H29ClFN5O5. The minimum absolute atomic E-state index is 0.0636. The molecule has 0 bridgehead atoms. The lowest BCUT2D eigenvalue weighted by atomic mass is 10.0. The van der Waals surface area contributed by atoms with E-state index in [1.807, 2.05) is 0 Å². The zero-order valence-corrected chi connectivity index (χ0v) is 23.8. The zero-order valence-electron chi connectivity index (χ0n) is 23.0. The molecule has 1 aliphatic heterocycles. The standard InChI is InChI=1S/C30H29ClFN5O5/c1-18-10-26-19(11-25(18)32)7-8-36(26)30(40)29(24-6-5-20(31)12-27(24)42-9-3-4-28(38)39)35-21-13-22(15-23(14-21)41-2)37-17-33-16-34-37/h5-6,10-17,29,35H,3-4,7-9H2,1-2H3,(H,38,39). The molecule has 1 aromatic heterocycles. The number of fused-ring (bicyclic) bond motifs is 1. The van der Waals surface area contributed by atoms with Gasteiger partial charge in [-0.25, -0.2) is 14.1 Å². The van der Waals surface area contributed by atoms with E-state index in [0.717, 1.165) is 5.56 Å². The van der Waals surface area contributed by atoms with Crippen molar-refractivity contribution in [2.45, 2.75) is 32.2 Å². The van der Waals surface area contributed by atoms with E-state index >= 15 is 0 Å². The molecule has 1 unspecified atom stereocenters. The number of nitrogens with one attached hydrogen (secondary N) is 1. The van der Waals surface area contributed by atoms with Gasteiger partial charge in [0.25, 0.3) is 5.91 Å². The summed E-state index contributed by atoms with van der Waals surface area (Å²) in [6.45, 7) is 2.15. The number of carbonyl (C=O) groups excluding carboxylic acids is 1. The van der Waals surface area contributed by atoms with E-state index < -0.39 is 12.0 Å². The number of carboxylic acids is 1. The molecule has 5 rings (SSSR count). The van der Waals surface area contributed by atoms with E-state index in [9.17, 15) is 14.0 Å². The molecule has 0 aliphatic carbocycles. The highest BCUT2D eigenvalue weighted by molar-refractivity contribution is 6.30. The summed E-state index contributed by atoms with van der Waals surface area (Å²) in [5.74, 6) is -0.671. The van der Waals surface area contributed by atoms with Crippen LogP contribution < -0.4 is 19.7 Å². The number of nitrogens with zero attached hydrogens (tertiary/aromatic N) is 4. The van der Waals surface area contributed by atoms with Crippen LogP contribution in [0.4, 0.5) is 15.8 Å². The lowest BCUT2D eigenvalue weighted by Gasteiger charge is -2.28. The molecule has 0 saturated carbocycles. The molecule has 2 heterocycles. The van der Waals surface area contributed by atoms with Crippen molar-refractivity contribution < 1.29 is 28.6 Å². The van der Waals surface area contributed by atoms with E-state index in [1.54, 1.807) is 65.3 Å². The number of hydrogen-bond donors (Lipinski definition) is 2. The third-order valence-electron chi connectivity index (χ3n) is 6.97. The number of ether oxygens (including phenoxy) is 2. The average molecular weight is 594 g/mol. The molecule has 1 aliphatic rings. The number of anilines is 2. The van der Waals surface area contributed by atoms with Crippen molar-refractivity contribution in [1.29, 1.82) is 0 Å². The van der Waals surface area contributed by atoms with Gasteiger partial charge in [-0.15, -0.1) is 0 Å². The van der Waals surface area contributed by atoms with Crippen LogP contribution in [0.5, 0.6) is 11.5 Å². The van der Waals surface area contributed by atoms with Gasteiger partial charge >= 0.3 is 5.97 Å². The molecule has 218 valence electrons. The van der Waals surface area contributed by atoms with Crippen LogP contribution in [-0.2, 0) is 16.0 Å². The van der Waals surface area contributed by atoms with Crippen molar-refractivity contribution in [3.8, 4) is 17.2 Å². The number of aliphatic carboxylic acids is 1. The Hall–Kier alpha value is -4.64. The number of aryl methyl sites for hydroxylation is 1. The largest absolute Gasteiger partial charge is 0.497 e. The summed E-state index contributed by atoms with van der Waals surface area (Å²) in [5, 5.41) is 17.0. The van der Waals surface area contributed by atoms with Crippen molar-refractivity contribution >= 4 is 34.9 Å². The van der Waals surface area contributed by atoms with Crippen LogP contribution in [0.25, 0.3) is 5.69 Å². The van der Waals surface area contributed by atoms with Crippen molar-refractivity contribution in [1.82, 2.24) is 14.8 Å². The molecule has 0 saturated heterocycles. The van der Waals surface area contributed by atoms with E-state index in [-0.39, 0.29) is 31.2 Å². The van der Waals surface area contributed by atoms with Gasteiger partial charge in [0.05, 0.1) is 19.4 Å². The normalized spacial score (nSPS) is 13.0. The Bertz CT molecular complexity index is 1610. The van der Waals surface area contributed by atoms with Crippen molar-refractivity contribution in [2.24, 2.45) is 0 Å². The molecule has 42 heavy (non-hydrogen) atoms. The minimum atomic E-state index is -0.969. The first-order valence-corrected chi connectivity index (χ1v) is 13.7. The molecular weight excluding hydrogens is 565 g/mol. The van der Waals surface area contributed by atoms with Gasteiger partial charge in [-0.1, -0.05) is 17.7 Å². The Labute approximate surface area is 246 Å². The van der Waals surface area contributed by atoms with Crippen LogP contribution in [0.2, 0.25) is 5.02 Å². The van der Waals surface area contributed by atoms with E-state index in [1.165, 1.54) is 19.5 Å². The number of carboxylic acid groups (broad SMARTS) is 1. The molecule has 2 N–H and O–H groups in total. The van der Waals surface area contributed by atoms with Gasteiger partial charge in [0, 0.05) is 47.1 Å². The van der Waals surface area contributed by atoms with Gasteiger partial charge < -0.3 is 24.8 Å². The fourth-order valence-corrected chi connectivity index (χ4v) is 5.03. The molecule has 0 fully saturated rings. The SMILES string of the molecule is COc1cc(NC(C(=O)N2CCc3cc(F)c(C)cc32)c2ccc(Cl)cc2OCCCC(=O)O)cc(-n2cncn2)c1. The van der Waals surface area contributed by atoms with E-state index in [4.69, 9.17) is 26.2 Å². The lowest BCUT2D eigenvalue weighted by molar-refractivity contribution is -0.137. The first kappa shape index (κ1) is 28.9. The predicted molar refractivity (Wildman–Crippen MR) is 155 cm³/mol. The minimum Gasteiger partial charge on any atom is -0.497 e. The second-order valence-corrected chi connectivity index (χ2v) is 10.3. The number of carbonyl (C=O) groups is 2. The maximum atomic E-state index is 14.4. The second-order valence-electron chi connectivity index (χ2n) is 9.83. The quantitative estimate of drug-likeness (QED) is 0.223. The van der Waals surface area contributed by atoms with Crippen molar-refractivity contribution in [3.05, 3.63) is 88.7 Å². The summed E-state index contributed by atoms with van der Waals surface area (Å²) in [5.41, 5.74) is 3.55. The number of halogens is 2. The highest BCUT2D eigenvalue weighted by Crippen LogP contribution is 2.37. The molecule has 1 amide bonds. The number of aromatic nitrogens is 3. The van der Waals surface area contributed by atoms with Gasteiger partial charge in [0.15, 0.2) is 0 Å². The highest BCUT2D eigenvalue weighted by Gasteiger charge is 2.34. The molecule has 3 aromatic carbocycles. The number of benzene rings is 3. The zero-order chi connectivity index (χ0) is 29.8. The average Bonchev–Trinajstić information content (AvgIpc) is 3.65. The maximum absolute atomic E-state index is 14.4. The Morgan fingerprint density at radius 1 is 1.19 bits per heavy atom. The van der Waals surface area contributed by atoms with Gasteiger partial charge in [0.1, 0.15) is 36.0 Å². The second kappa shape index (κ2) is 12.5. The van der Waals surface area contributed by atoms with Gasteiger partial charge in [-0.2, -0.15) is 5.10 Å². The van der Waals surface area contributed by atoms with Crippen molar-refractivity contribution in [2.75, 3.05) is 30.5 Å². The smallest absolute Gasteiger partial charge is 0.303 e. The van der Waals surface area contributed by atoms with Crippen LogP contribution in [0.3, 0.4) is 0 Å². The lowest BCUT2D eigenvalue weighted by Crippen LogP contribution is -2.37. The summed E-state index contributed by atoms with van der Waals surface area (Å²) < 4.78 is 27.4. The molecule has 10 nitrogen and oxygen atoms in total. The first-order chi connectivity index (χ1) is 20.2. The molecule has 0 radical (unpaired) electrons. The van der Waals surface area contributed by atoms with Gasteiger partial charge in [-0.3, -0.25) is 9.59 Å². The third kappa shape index (κ3) is 6.31. The van der Waals surface area contributed by atoms with Crippen LogP contribution in [0.1, 0.15) is 35.6 Å². The summed E-state index contributed by atoms with van der Waals surface area (Å²) >= 11 is 6.31. The number of amides is 1. The van der Waals surface area contributed by atoms with Crippen LogP contribution in [-0.4, -0.2) is 52.0 Å². The Morgan fingerprint density at radius 3 is 2.76 bits per heavy atom. The monoisotopic (exact) mass is 593 g/mol. The molecule has 12 heteroatoms. The van der Waals surface area contributed by atoms with Crippen LogP contribution in [0, 0.1) is 12.7 Å². The summed E-state index contributed by atoms with van der Waals surface area (Å²) in [4.78, 5) is 31.0. The Morgan fingerprint density at radius 2 is 2.02 bits per heavy atom. The maximum Gasteiger partial charge on any atom is 0.303 e. The van der Waals surface area contributed by atoms with Crippen LogP contribution in [0.15, 0.2) is 61.2 Å².